The number of hydrogen-bond donors (Lipinski definition) is 1. The highest BCUT2D eigenvalue weighted by Gasteiger charge is 2.28. The zero-order valence-electron chi connectivity index (χ0n) is 20.6. The summed E-state index contributed by atoms with van der Waals surface area (Å²) in [6, 6.07) is 14.9. The van der Waals surface area contributed by atoms with Crippen LogP contribution in [0.2, 0.25) is 0 Å². The summed E-state index contributed by atoms with van der Waals surface area (Å²) in [5.41, 5.74) is 2.13. The van der Waals surface area contributed by atoms with E-state index in [-0.39, 0.29) is 11.8 Å². The van der Waals surface area contributed by atoms with Crippen molar-refractivity contribution in [3.63, 3.8) is 0 Å². The molecule has 0 saturated carbocycles. The van der Waals surface area contributed by atoms with Crippen LogP contribution >= 0.6 is 0 Å². The first kappa shape index (κ1) is 26.2. The van der Waals surface area contributed by atoms with Crippen LogP contribution in [-0.2, 0) is 16.1 Å². The highest BCUT2D eigenvalue weighted by molar-refractivity contribution is 5.87. The average Bonchev–Trinajstić information content (AvgIpc) is 2.81. The number of aryl methyl sites for hydroxylation is 1. The lowest BCUT2D eigenvalue weighted by molar-refractivity contribution is -0.141. The largest absolute Gasteiger partial charge is 0.497 e. The van der Waals surface area contributed by atoms with Gasteiger partial charge in [-0.3, -0.25) is 9.59 Å². The van der Waals surface area contributed by atoms with E-state index >= 15 is 0 Å². The van der Waals surface area contributed by atoms with Crippen LogP contribution < -0.4 is 14.8 Å². The number of amides is 2. The number of ether oxygens (including phenoxy) is 2. The lowest BCUT2D eigenvalue weighted by Crippen LogP contribution is -2.49. The molecule has 0 saturated heterocycles. The molecule has 6 heteroatoms. The van der Waals surface area contributed by atoms with E-state index in [1.165, 1.54) is 5.56 Å². The summed E-state index contributed by atoms with van der Waals surface area (Å²) in [7, 11) is 1.62. The van der Waals surface area contributed by atoms with Crippen LogP contribution in [0.3, 0.4) is 0 Å². The van der Waals surface area contributed by atoms with Crippen LogP contribution in [0, 0.1) is 12.8 Å². The van der Waals surface area contributed by atoms with Crippen molar-refractivity contribution >= 4 is 11.8 Å². The topological polar surface area (TPSA) is 67.9 Å². The lowest BCUT2D eigenvalue weighted by Gasteiger charge is -2.31. The first-order valence-corrected chi connectivity index (χ1v) is 11.7. The molecule has 0 fully saturated rings. The predicted molar refractivity (Wildman–Crippen MR) is 131 cm³/mol. The Balaban J connectivity index is 2.05. The molecule has 0 aromatic heterocycles. The maximum absolute atomic E-state index is 13.2. The lowest BCUT2D eigenvalue weighted by atomic mass is 10.1. The Hall–Kier alpha value is -3.02. The first-order valence-electron chi connectivity index (χ1n) is 11.7. The molecule has 1 atom stereocenters. The van der Waals surface area contributed by atoms with Gasteiger partial charge in [-0.25, -0.2) is 0 Å². The second-order valence-electron chi connectivity index (χ2n) is 8.70. The maximum atomic E-state index is 13.2. The molecule has 0 radical (unpaired) electrons. The standard InChI is InChI=1S/C27H38N2O4/c1-6-25(27(31)28-18-20(2)3)29(19-22-11-15-23(32-5)16-12-22)26(30)8-7-17-33-24-13-9-21(4)10-14-24/h9-16,20,25H,6-8,17-19H2,1-5H3,(H,28,31). The van der Waals surface area contributed by atoms with Gasteiger partial charge in [0.25, 0.3) is 0 Å². The molecule has 0 bridgehead atoms. The van der Waals surface area contributed by atoms with Crippen LogP contribution in [-0.4, -0.2) is 43.0 Å². The second kappa shape index (κ2) is 13.5. The van der Waals surface area contributed by atoms with Gasteiger partial charge in [-0.2, -0.15) is 0 Å². The Morgan fingerprint density at radius 1 is 1.00 bits per heavy atom. The van der Waals surface area contributed by atoms with Gasteiger partial charge >= 0.3 is 0 Å². The van der Waals surface area contributed by atoms with E-state index in [2.05, 4.69) is 19.2 Å². The summed E-state index contributed by atoms with van der Waals surface area (Å²) in [5.74, 6) is 1.74. The molecule has 0 aliphatic rings. The molecule has 2 aromatic carbocycles. The van der Waals surface area contributed by atoms with E-state index in [1.54, 1.807) is 12.0 Å². The number of carbonyl (C=O) groups is 2. The SMILES string of the molecule is CCC(C(=O)NCC(C)C)N(Cc1ccc(OC)cc1)C(=O)CCCOc1ccc(C)cc1. The molecule has 0 heterocycles. The molecule has 180 valence electrons. The van der Waals surface area contributed by atoms with Crippen LogP contribution in [0.5, 0.6) is 11.5 Å². The molecule has 1 unspecified atom stereocenters. The molecule has 0 spiro atoms. The smallest absolute Gasteiger partial charge is 0.242 e. The zero-order chi connectivity index (χ0) is 24.2. The number of rotatable bonds is 13. The van der Waals surface area contributed by atoms with Crippen molar-refractivity contribution in [2.45, 2.75) is 59.5 Å². The van der Waals surface area contributed by atoms with Gasteiger partial charge in [0.1, 0.15) is 17.5 Å². The van der Waals surface area contributed by atoms with Crippen LogP contribution in [0.15, 0.2) is 48.5 Å². The van der Waals surface area contributed by atoms with Crippen molar-refractivity contribution in [1.29, 1.82) is 0 Å². The molecule has 0 aliphatic heterocycles. The van der Waals surface area contributed by atoms with E-state index in [0.29, 0.717) is 44.9 Å². The predicted octanol–water partition coefficient (Wildman–Crippen LogP) is 4.74. The fourth-order valence-electron chi connectivity index (χ4n) is 3.46. The second-order valence-corrected chi connectivity index (χ2v) is 8.70. The Bertz CT molecular complexity index is 863. The minimum absolute atomic E-state index is 0.0510. The summed E-state index contributed by atoms with van der Waals surface area (Å²) in [5, 5.41) is 2.99. The van der Waals surface area contributed by atoms with Gasteiger partial charge in [-0.05, 0) is 55.5 Å². The summed E-state index contributed by atoms with van der Waals surface area (Å²) in [4.78, 5) is 27.8. The Morgan fingerprint density at radius 2 is 1.64 bits per heavy atom. The third-order valence-electron chi connectivity index (χ3n) is 5.41. The van der Waals surface area contributed by atoms with Gasteiger partial charge in [-0.15, -0.1) is 0 Å². The summed E-state index contributed by atoms with van der Waals surface area (Å²) >= 11 is 0. The van der Waals surface area contributed by atoms with E-state index in [0.717, 1.165) is 17.1 Å². The van der Waals surface area contributed by atoms with Crippen LogP contribution in [0.25, 0.3) is 0 Å². The molecule has 6 nitrogen and oxygen atoms in total. The monoisotopic (exact) mass is 454 g/mol. The van der Waals surface area contributed by atoms with Gasteiger partial charge in [0.05, 0.1) is 13.7 Å². The third-order valence-corrected chi connectivity index (χ3v) is 5.41. The van der Waals surface area contributed by atoms with Crippen molar-refractivity contribution in [1.82, 2.24) is 10.2 Å². The molecular formula is C27H38N2O4. The number of nitrogens with zero attached hydrogens (tertiary/aromatic N) is 1. The summed E-state index contributed by atoms with van der Waals surface area (Å²) in [6.07, 6.45) is 1.44. The van der Waals surface area contributed by atoms with Gasteiger partial charge in [-0.1, -0.05) is 50.6 Å². The van der Waals surface area contributed by atoms with Gasteiger partial charge in [0.2, 0.25) is 11.8 Å². The summed E-state index contributed by atoms with van der Waals surface area (Å²) < 4.78 is 11.0. The highest BCUT2D eigenvalue weighted by Crippen LogP contribution is 2.18. The maximum Gasteiger partial charge on any atom is 0.242 e. The fraction of sp³-hybridized carbons (Fsp3) is 0.481. The normalized spacial score (nSPS) is 11.7. The Kier molecular flexibility index (Phi) is 10.7. The summed E-state index contributed by atoms with van der Waals surface area (Å²) in [6.45, 7) is 9.47. The first-order chi connectivity index (χ1) is 15.8. The zero-order valence-corrected chi connectivity index (χ0v) is 20.6. The van der Waals surface area contributed by atoms with Crippen molar-refractivity contribution < 1.29 is 19.1 Å². The number of hydrogen-bond acceptors (Lipinski definition) is 4. The molecular weight excluding hydrogens is 416 g/mol. The van der Waals surface area contributed by atoms with E-state index in [9.17, 15) is 9.59 Å². The number of methoxy groups -OCH3 is 1. The van der Waals surface area contributed by atoms with E-state index in [1.807, 2.05) is 62.4 Å². The van der Waals surface area contributed by atoms with Crippen molar-refractivity contribution in [2.75, 3.05) is 20.3 Å². The third kappa shape index (κ3) is 8.79. The number of nitrogens with one attached hydrogen (secondary N) is 1. The van der Waals surface area contributed by atoms with Crippen LogP contribution in [0.4, 0.5) is 0 Å². The quantitative estimate of drug-likeness (QED) is 0.444. The molecule has 2 aromatic rings. The van der Waals surface area contributed by atoms with Gasteiger partial charge in [0.15, 0.2) is 0 Å². The molecule has 2 amide bonds. The minimum atomic E-state index is -0.517. The number of carbonyl (C=O) groups excluding carboxylic acids is 2. The van der Waals surface area contributed by atoms with Crippen molar-refractivity contribution in [2.24, 2.45) is 5.92 Å². The molecule has 33 heavy (non-hydrogen) atoms. The number of benzene rings is 2. The Morgan fingerprint density at radius 3 is 2.21 bits per heavy atom. The highest BCUT2D eigenvalue weighted by atomic mass is 16.5. The van der Waals surface area contributed by atoms with E-state index < -0.39 is 6.04 Å². The van der Waals surface area contributed by atoms with Crippen LogP contribution in [0.1, 0.15) is 51.2 Å². The minimum Gasteiger partial charge on any atom is -0.497 e. The molecule has 0 aliphatic carbocycles. The molecule has 1 N–H and O–H groups in total. The van der Waals surface area contributed by atoms with Gasteiger partial charge < -0.3 is 19.7 Å². The van der Waals surface area contributed by atoms with E-state index in [4.69, 9.17) is 9.47 Å². The Labute approximate surface area is 198 Å². The van der Waals surface area contributed by atoms with Gasteiger partial charge in [0, 0.05) is 19.5 Å². The molecule has 2 rings (SSSR count). The fourth-order valence-corrected chi connectivity index (χ4v) is 3.46. The van der Waals surface area contributed by atoms with Crippen molar-refractivity contribution in [3.05, 3.63) is 59.7 Å². The average molecular weight is 455 g/mol. The van der Waals surface area contributed by atoms with Crippen molar-refractivity contribution in [3.8, 4) is 11.5 Å².